The minimum atomic E-state index is -4.74. The molecule has 180 valence electrons. The quantitative estimate of drug-likeness (QED) is 0.298. The molecule has 0 saturated carbocycles. The summed E-state index contributed by atoms with van der Waals surface area (Å²) in [5.41, 5.74) is 3.53. The van der Waals surface area contributed by atoms with Crippen LogP contribution in [0.2, 0.25) is 10.0 Å². The summed E-state index contributed by atoms with van der Waals surface area (Å²) in [5.74, 6) is -0.606. The van der Waals surface area contributed by atoms with Gasteiger partial charge in [-0.15, -0.1) is 24.8 Å². The number of carbonyl (C=O) groups excluding carboxylic acids is 1. The van der Waals surface area contributed by atoms with E-state index in [0.29, 0.717) is 6.42 Å². The van der Waals surface area contributed by atoms with Crippen molar-refractivity contribution < 1.29 is 22.7 Å². The molecule has 0 spiro atoms. The highest BCUT2D eigenvalue weighted by Crippen LogP contribution is 2.31. The normalized spacial score (nSPS) is 12.3. The highest BCUT2D eigenvalue weighted by atomic mass is 35.5. The number of aryl methyl sites for hydroxylation is 1. The van der Waals surface area contributed by atoms with Gasteiger partial charge in [-0.3, -0.25) is 4.79 Å². The van der Waals surface area contributed by atoms with Crippen LogP contribution in [0.25, 0.3) is 11.1 Å². The number of hydrogen-bond donors (Lipinski definition) is 1. The Bertz CT molecular complexity index is 1130. The van der Waals surface area contributed by atoms with Crippen molar-refractivity contribution in [2.24, 2.45) is 0 Å². The predicted molar refractivity (Wildman–Crippen MR) is 130 cm³/mol. The molecule has 3 nitrogen and oxygen atoms in total. The highest BCUT2D eigenvalue weighted by Gasteiger charge is 2.31. The lowest BCUT2D eigenvalue weighted by Gasteiger charge is -2.21. The third-order valence-corrected chi connectivity index (χ3v) is 6.05. The van der Waals surface area contributed by atoms with E-state index in [4.69, 9.17) is 34.8 Å². The van der Waals surface area contributed by atoms with Crippen LogP contribution in [0.5, 0.6) is 5.75 Å². The number of rotatable bonds is 8. The van der Waals surface area contributed by atoms with E-state index < -0.39 is 18.3 Å². The summed E-state index contributed by atoms with van der Waals surface area (Å²) >= 11 is 18.6. The van der Waals surface area contributed by atoms with Gasteiger partial charge in [0.1, 0.15) is 5.75 Å². The van der Waals surface area contributed by atoms with E-state index in [1.807, 2.05) is 25.1 Å². The molecule has 9 heteroatoms. The Labute approximate surface area is 210 Å². The summed E-state index contributed by atoms with van der Waals surface area (Å²) < 4.78 is 41.2. The fraction of sp³-hybridized carbons (Fsp3) is 0.240. The zero-order chi connectivity index (χ0) is 24.9. The number of amides is 1. The first-order valence-electron chi connectivity index (χ1n) is 10.4. The SMILES string of the molecule is CCCc1cc(-c2ccc(OC(F)(F)F)cc2)ccc1C(CCl)NC(=O)c1c(Cl)cccc1Cl. The molecule has 0 fully saturated rings. The molecule has 0 heterocycles. The van der Waals surface area contributed by atoms with Crippen molar-refractivity contribution in [3.8, 4) is 16.9 Å². The standard InChI is InChI=1S/C25H21Cl3F3NO2/c1-2-4-17-13-16(15-7-10-18(11-8-15)34-25(29,30)31)9-12-19(17)22(14-26)32-24(33)23-20(27)5-3-6-21(23)28/h3,5-13,22H,2,4,14H2,1H3,(H,32,33). The van der Waals surface area contributed by atoms with Crippen LogP contribution in [0, 0.1) is 0 Å². The van der Waals surface area contributed by atoms with Crippen molar-refractivity contribution in [2.45, 2.75) is 32.2 Å². The van der Waals surface area contributed by atoms with Crippen LogP contribution in [0.3, 0.4) is 0 Å². The molecule has 1 N–H and O–H groups in total. The van der Waals surface area contributed by atoms with Gasteiger partial charge in [-0.2, -0.15) is 0 Å². The number of alkyl halides is 4. The van der Waals surface area contributed by atoms with Gasteiger partial charge in [0.15, 0.2) is 0 Å². The molecule has 3 aromatic rings. The summed E-state index contributed by atoms with van der Waals surface area (Å²) in [4.78, 5) is 12.9. The Morgan fingerprint density at radius 1 is 1.00 bits per heavy atom. The Hall–Kier alpha value is -2.41. The second-order valence-electron chi connectivity index (χ2n) is 7.51. The second-order valence-corrected chi connectivity index (χ2v) is 8.64. The van der Waals surface area contributed by atoms with E-state index in [2.05, 4.69) is 10.1 Å². The predicted octanol–water partition coefficient (Wildman–Crippen LogP) is 8.22. The van der Waals surface area contributed by atoms with Crippen LogP contribution in [-0.2, 0) is 6.42 Å². The Morgan fingerprint density at radius 2 is 1.62 bits per heavy atom. The van der Waals surface area contributed by atoms with E-state index in [-0.39, 0.29) is 27.2 Å². The summed E-state index contributed by atoms with van der Waals surface area (Å²) in [6, 6.07) is 15.6. The zero-order valence-corrected chi connectivity index (χ0v) is 20.3. The van der Waals surface area contributed by atoms with E-state index in [0.717, 1.165) is 28.7 Å². The third-order valence-electron chi connectivity index (χ3n) is 5.11. The number of nitrogens with one attached hydrogen (secondary N) is 1. The first-order chi connectivity index (χ1) is 16.1. The molecule has 0 bridgehead atoms. The molecule has 0 aromatic heterocycles. The topological polar surface area (TPSA) is 38.3 Å². The van der Waals surface area contributed by atoms with Crippen molar-refractivity contribution in [1.29, 1.82) is 0 Å². The average molecular weight is 531 g/mol. The molecule has 0 aliphatic heterocycles. The number of benzene rings is 3. The Kier molecular flexibility index (Phi) is 8.74. The van der Waals surface area contributed by atoms with Gasteiger partial charge >= 0.3 is 6.36 Å². The van der Waals surface area contributed by atoms with Crippen LogP contribution in [0.15, 0.2) is 60.7 Å². The number of hydrogen-bond acceptors (Lipinski definition) is 2. The van der Waals surface area contributed by atoms with Gasteiger partial charge in [0.25, 0.3) is 5.91 Å². The average Bonchev–Trinajstić information content (AvgIpc) is 2.77. The fourth-order valence-corrected chi connectivity index (χ4v) is 4.42. The van der Waals surface area contributed by atoms with Crippen LogP contribution in [0.4, 0.5) is 13.2 Å². The van der Waals surface area contributed by atoms with Crippen molar-refractivity contribution in [2.75, 3.05) is 5.88 Å². The lowest BCUT2D eigenvalue weighted by atomic mass is 9.93. The summed E-state index contributed by atoms with van der Waals surface area (Å²) in [5, 5.41) is 3.38. The van der Waals surface area contributed by atoms with Crippen LogP contribution < -0.4 is 10.1 Å². The fourth-order valence-electron chi connectivity index (χ4n) is 3.60. The van der Waals surface area contributed by atoms with Crippen molar-refractivity contribution >= 4 is 40.7 Å². The number of carbonyl (C=O) groups is 1. The molecule has 0 radical (unpaired) electrons. The van der Waals surface area contributed by atoms with Crippen LogP contribution >= 0.6 is 34.8 Å². The van der Waals surface area contributed by atoms with E-state index in [1.165, 1.54) is 12.1 Å². The molecule has 3 aromatic carbocycles. The van der Waals surface area contributed by atoms with Gasteiger partial charge in [0, 0.05) is 5.88 Å². The molecule has 3 rings (SSSR count). The molecule has 34 heavy (non-hydrogen) atoms. The molecule has 1 amide bonds. The monoisotopic (exact) mass is 529 g/mol. The van der Waals surface area contributed by atoms with E-state index >= 15 is 0 Å². The lowest BCUT2D eigenvalue weighted by Crippen LogP contribution is -2.30. The molecule has 1 unspecified atom stereocenters. The van der Waals surface area contributed by atoms with Crippen LogP contribution in [-0.4, -0.2) is 18.1 Å². The molecule has 0 aliphatic rings. The van der Waals surface area contributed by atoms with Gasteiger partial charge in [-0.25, -0.2) is 0 Å². The summed E-state index contributed by atoms with van der Waals surface area (Å²) in [6.45, 7) is 2.03. The maximum absolute atomic E-state index is 12.9. The Balaban J connectivity index is 1.88. The first-order valence-corrected chi connectivity index (χ1v) is 11.7. The maximum Gasteiger partial charge on any atom is 0.573 e. The Morgan fingerprint density at radius 3 is 2.18 bits per heavy atom. The minimum absolute atomic E-state index is 0.118. The number of halogens is 6. The molecular weight excluding hydrogens is 510 g/mol. The van der Waals surface area contributed by atoms with Gasteiger partial charge in [-0.05, 0) is 52.9 Å². The lowest BCUT2D eigenvalue weighted by molar-refractivity contribution is -0.274. The smallest absolute Gasteiger partial charge is 0.406 e. The zero-order valence-electron chi connectivity index (χ0n) is 18.1. The van der Waals surface area contributed by atoms with E-state index in [9.17, 15) is 18.0 Å². The van der Waals surface area contributed by atoms with Gasteiger partial charge < -0.3 is 10.1 Å². The van der Waals surface area contributed by atoms with Crippen LogP contribution in [0.1, 0.15) is 40.9 Å². The van der Waals surface area contributed by atoms with Gasteiger partial charge in [0.05, 0.1) is 21.7 Å². The summed E-state index contributed by atoms with van der Waals surface area (Å²) in [6.07, 6.45) is -3.19. The maximum atomic E-state index is 12.9. The number of ether oxygens (including phenoxy) is 1. The third kappa shape index (κ3) is 6.59. The minimum Gasteiger partial charge on any atom is -0.406 e. The van der Waals surface area contributed by atoms with Gasteiger partial charge in [0.2, 0.25) is 0 Å². The van der Waals surface area contributed by atoms with E-state index in [1.54, 1.807) is 30.3 Å². The summed E-state index contributed by atoms with van der Waals surface area (Å²) in [7, 11) is 0. The largest absolute Gasteiger partial charge is 0.573 e. The molecular formula is C25H21Cl3F3NO2. The molecule has 0 aliphatic carbocycles. The first kappa shape index (κ1) is 26.2. The van der Waals surface area contributed by atoms with Crippen molar-refractivity contribution in [3.05, 3.63) is 87.4 Å². The molecule has 0 saturated heterocycles. The van der Waals surface area contributed by atoms with Crippen molar-refractivity contribution in [3.63, 3.8) is 0 Å². The van der Waals surface area contributed by atoms with Gasteiger partial charge in [-0.1, -0.05) is 72.9 Å². The van der Waals surface area contributed by atoms with Crippen molar-refractivity contribution in [1.82, 2.24) is 5.32 Å². The highest BCUT2D eigenvalue weighted by molar-refractivity contribution is 6.39. The second kappa shape index (κ2) is 11.3. The molecule has 1 atom stereocenters.